The fourth-order valence-electron chi connectivity index (χ4n) is 1.35. The number of methoxy groups -OCH3 is 1. The number of carbonyl (C=O) groups is 1. The molecule has 0 aliphatic heterocycles. The van der Waals surface area contributed by atoms with Gasteiger partial charge in [-0.3, -0.25) is 4.79 Å². The van der Waals surface area contributed by atoms with E-state index in [0.717, 1.165) is 5.82 Å². The van der Waals surface area contributed by atoms with Gasteiger partial charge in [0.1, 0.15) is 16.1 Å². The number of halogens is 1. The second-order valence-electron chi connectivity index (χ2n) is 3.84. The van der Waals surface area contributed by atoms with Gasteiger partial charge in [0.15, 0.2) is 0 Å². The van der Waals surface area contributed by atoms with Crippen molar-refractivity contribution >= 4 is 28.6 Å². The molecular weight excluding hydrogens is 335 g/mol. The molecule has 1 aromatic heterocycles. The summed E-state index contributed by atoms with van der Waals surface area (Å²) in [6, 6.07) is 0.283. The largest absolute Gasteiger partial charge is 0.468 e. The van der Waals surface area contributed by atoms with Gasteiger partial charge in [0.05, 0.1) is 13.7 Å². The summed E-state index contributed by atoms with van der Waals surface area (Å²) in [6.45, 7) is 5.24. The molecule has 17 heavy (non-hydrogen) atoms. The minimum absolute atomic E-state index is 0.187. The number of esters is 1. The molecule has 7 heteroatoms. The summed E-state index contributed by atoms with van der Waals surface area (Å²) in [7, 11) is 1.39. The normalized spacial score (nSPS) is 12.8. The first kappa shape index (κ1) is 14.4. The molecule has 1 heterocycles. The second kappa shape index (κ2) is 6.90. The van der Waals surface area contributed by atoms with E-state index in [9.17, 15) is 4.79 Å². The van der Waals surface area contributed by atoms with Crippen LogP contribution in [-0.2, 0) is 16.1 Å². The van der Waals surface area contributed by atoms with Gasteiger partial charge in [-0.2, -0.15) is 5.10 Å². The zero-order chi connectivity index (χ0) is 12.8. The molecule has 1 N–H and O–H groups in total. The van der Waals surface area contributed by atoms with Crippen LogP contribution in [0.5, 0.6) is 0 Å². The van der Waals surface area contributed by atoms with Crippen LogP contribution in [0, 0.1) is 0 Å². The minimum atomic E-state index is -0.219. The van der Waals surface area contributed by atoms with E-state index in [2.05, 4.69) is 42.7 Å². The van der Waals surface area contributed by atoms with E-state index in [1.54, 1.807) is 6.33 Å². The van der Waals surface area contributed by atoms with Crippen LogP contribution in [0.4, 0.5) is 0 Å². The zero-order valence-corrected chi connectivity index (χ0v) is 12.3. The average Bonchev–Trinajstić information content (AvgIpc) is 2.76. The molecule has 0 aliphatic carbocycles. The molecule has 6 nitrogen and oxygen atoms in total. The Morgan fingerprint density at radius 1 is 1.65 bits per heavy atom. The Balaban J connectivity index is 2.41. The maximum atomic E-state index is 11.2. The molecule has 1 atom stereocenters. The molecule has 0 fully saturated rings. The SMILES string of the molecule is COC(=O)C(I)CNCc1ncnn1C(C)C. The predicted molar refractivity (Wildman–Crippen MR) is 71.9 cm³/mol. The summed E-state index contributed by atoms with van der Waals surface area (Å²) in [5.41, 5.74) is 0. The van der Waals surface area contributed by atoms with Gasteiger partial charge in [-0.1, -0.05) is 22.6 Å². The van der Waals surface area contributed by atoms with E-state index < -0.39 is 0 Å². The summed E-state index contributed by atoms with van der Waals surface area (Å²) < 4.78 is 6.31. The highest BCUT2D eigenvalue weighted by Crippen LogP contribution is 2.05. The molecule has 0 saturated carbocycles. The highest BCUT2D eigenvalue weighted by molar-refractivity contribution is 14.1. The predicted octanol–water partition coefficient (Wildman–Crippen LogP) is 0.925. The van der Waals surface area contributed by atoms with E-state index in [-0.39, 0.29) is 15.9 Å². The van der Waals surface area contributed by atoms with Crippen molar-refractivity contribution in [2.24, 2.45) is 0 Å². The third kappa shape index (κ3) is 4.23. The lowest BCUT2D eigenvalue weighted by Crippen LogP contribution is -2.30. The number of hydrogen-bond acceptors (Lipinski definition) is 5. The van der Waals surface area contributed by atoms with Gasteiger partial charge >= 0.3 is 5.97 Å². The standard InChI is InChI=1S/C10H17IN4O2/c1-7(2)15-9(13-6-14-15)5-12-4-8(11)10(16)17-3/h6-8,12H,4-5H2,1-3H3. The third-order valence-electron chi connectivity index (χ3n) is 2.20. The Hall–Kier alpha value is -0.700. The van der Waals surface area contributed by atoms with Crippen LogP contribution in [0.15, 0.2) is 6.33 Å². The molecule has 0 saturated heterocycles. The molecule has 0 amide bonds. The lowest BCUT2D eigenvalue weighted by Gasteiger charge is -2.11. The number of alkyl halides is 1. The van der Waals surface area contributed by atoms with Crippen LogP contribution >= 0.6 is 22.6 Å². The van der Waals surface area contributed by atoms with Crippen molar-refractivity contribution in [3.8, 4) is 0 Å². The number of rotatable bonds is 6. The van der Waals surface area contributed by atoms with Crippen molar-refractivity contribution in [3.63, 3.8) is 0 Å². The fraction of sp³-hybridized carbons (Fsp3) is 0.700. The number of aromatic nitrogens is 3. The molecule has 1 aromatic rings. The van der Waals surface area contributed by atoms with Crippen LogP contribution in [0.3, 0.4) is 0 Å². The monoisotopic (exact) mass is 352 g/mol. The van der Waals surface area contributed by atoms with Crippen LogP contribution in [-0.4, -0.2) is 38.3 Å². The van der Waals surface area contributed by atoms with Crippen molar-refractivity contribution in [2.45, 2.75) is 30.4 Å². The van der Waals surface area contributed by atoms with Crippen molar-refractivity contribution in [3.05, 3.63) is 12.2 Å². The molecule has 0 aromatic carbocycles. The third-order valence-corrected chi connectivity index (χ3v) is 3.15. The molecule has 96 valence electrons. The fourth-order valence-corrected chi connectivity index (χ4v) is 1.92. The first-order valence-electron chi connectivity index (χ1n) is 5.37. The quantitative estimate of drug-likeness (QED) is 0.469. The van der Waals surface area contributed by atoms with Gasteiger partial charge in [-0.05, 0) is 13.8 Å². The van der Waals surface area contributed by atoms with E-state index in [1.165, 1.54) is 7.11 Å². The van der Waals surface area contributed by atoms with Crippen LogP contribution in [0.25, 0.3) is 0 Å². The Morgan fingerprint density at radius 3 is 2.94 bits per heavy atom. The van der Waals surface area contributed by atoms with E-state index in [4.69, 9.17) is 0 Å². The first-order chi connectivity index (χ1) is 8.06. The number of hydrogen-bond donors (Lipinski definition) is 1. The summed E-state index contributed by atoms with van der Waals surface area (Å²) in [4.78, 5) is 15.3. The van der Waals surface area contributed by atoms with Gasteiger partial charge < -0.3 is 10.1 Å². The Labute approximate surface area is 114 Å². The molecule has 0 spiro atoms. The molecule has 0 bridgehead atoms. The molecule has 0 radical (unpaired) electrons. The number of carbonyl (C=O) groups excluding carboxylic acids is 1. The maximum Gasteiger partial charge on any atom is 0.319 e. The lowest BCUT2D eigenvalue weighted by atomic mass is 10.4. The van der Waals surface area contributed by atoms with Gasteiger partial charge in [0.25, 0.3) is 0 Å². The minimum Gasteiger partial charge on any atom is -0.468 e. The van der Waals surface area contributed by atoms with Crippen LogP contribution in [0.1, 0.15) is 25.7 Å². The van der Waals surface area contributed by atoms with Gasteiger partial charge in [-0.25, -0.2) is 9.67 Å². The number of nitrogens with zero attached hydrogens (tertiary/aromatic N) is 3. The molecular formula is C10H17IN4O2. The van der Waals surface area contributed by atoms with Gasteiger partial charge in [0, 0.05) is 12.6 Å². The van der Waals surface area contributed by atoms with Crippen LogP contribution < -0.4 is 5.32 Å². The number of nitrogens with one attached hydrogen (secondary N) is 1. The van der Waals surface area contributed by atoms with E-state index in [1.807, 2.05) is 18.5 Å². The van der Waals surface area contributed by atoms with Crippen molar-refractivity contribution in [1.82, 2.24) is 20.1 Å². The Kier molecular flexibility index (Phi) is 5.83. The topological polar surface area (TPSA) is 69.0 Å². The maximum absolute atomic E-state index is 11.2. The second-order valence-corrected chi connectivity index (χ2v) is 5.34. The summed E-state index contributed by atoms with van der Waals surface area (Å²) >= 11 is 2.05. The van der Waals surface area contributed by atoms with Crippen molar-refractivity contribution in [1.29, 1.82) is 0 Å². The molecule has 1 unspecified atom stereocenters. The van der Waals surface area contributed by atoms with Crippen LogP contribution in [0.2, 0.25) is 0 Å². The van der Waals surface area contributed by atoms with Gasteiger partial charge in [-0.15, -0.1) is 0 Å². The highest BCUT2D eigenvalue weighted by Gasteiger charge is 2.15. The number of ether oxygens (including phenoxy) is 1. The van der Waals surface area contributed by atoms with Crippen molar-refractivity contribution in [2.75, 3.05) is 13.7 Å². The molecule has 1 rings (SSSR count). The lowest BCUT2D eigenvalue weighted by molar-refractivity contribution is -0.139. The summed E-state index contributed by atoms with van der Waals surface area (Å²) in [5.74, 6) is 0.650. The zero-order valence-electron chi connectivity index (χ0n) is 10.2. The summed E-state index contributed by atoms with van der Waals surface area (Å²) in [6.07, 6.45) is 1.54. The smallest absolute Gasteiger partial charge is 0.319 e. The molecule has 0 aliphatic rings. The van der Waals surface area contributed by atoms with E-state index >= 15 is 0 Å². The average molecular weight is 352 g/mol. The van der Waals surface area contributed by atoms with Crippen molar-refractivity contribution < 1.29 is 9.53 Å². The van der Waals surface area contributed by atoms with Gasteiger partial charge in [0.2, 0.25) is 0 Å². The Morgan fingerprint density at radius 2 is 2.35 bits per heavy atom. The summed E-state index contributed by atoms with van der Waals surface area (Å²) in [5, 5.41) is 7.30. The highest BCUT2D eigenvalue weighted by atomic mass is 127. The first-order valence-corrected chi connectivity index (χ1v) is 6.61. The van der Waals surface area contributed by atoms with E-state index in [0.29, 0.717) is 13.1 Å². The Bertz CT molecular complexity index is 367.